The van der Waals surface area contributed by atoms with Gasteiger partial charge in [-0.2, -0.15) is 0 Å². The maximum absolute atomic E-state index is 10.4. The Bertz CT molecular complexity index is 299. The van der Waals surface area contributed by atoms with E-state index in [-0.39, 0.29) is 0 Å². The van der Waals surface area contributed by atoms with E-state index in [9.17, 15) is 4.79 Å². The van der Waals surface area contributed by atoms with Crippen LogP contribution in [0.1, 0.15) is 19.1 Å². The third kappa shape index (κ3) is 2.24. The van der Waals surface area contributed by atoms with Crippen LogP contribution in [-0.2, 0) is 4.79 Å². The predicted octanol–water partition coefficient (Wildman–Crippen LogP) is 2.93. The smallest absolute Gasteiger partial charge is 0.193 e. The Kier molecular flexibility index (Phi) is 3.11. The van der Waals surface area contributed by atoms with Crippen molar-refractivity contribution >= 4 is 24.0 Å². The molecule has 0 saturated carbocycles. The van der Waals surface area contributed by atoms with Crippen LogP contribution in [0.2, 0.25) is 5.22 Å². The number of hydrogen-bond donors (Lipinski definition) is 0. The van der Waals surface area contributed by atoms with Crippen molar-refractivity contribution < 1.29 is 9.21 Å². The highest BCUT2D eigenvalue weighted by Gasteiger charge is 1.97. The van der Waals surface area contributed by atoms with Crippen molar-refractivity contribution in [3.63, 3.8) is 0 Å². The van der Waals surface area contributed by atoms with Gasteiger partial charge in [0.1, 0.15) is 12.0 Å². The molecule has 64 valence electrons. The van der Waals surface area contributed by atoms with Gasteiger partial charge in [0.15, 0.2) is 5.22 Å². The van der Waals surface area contributed by atoms with Crippen LogP contribution in [0.5, 0.6) is 0 Å². The first-order valence-electron chi connectivity index (χ1n) is 3.67. The van der Waals surface area contributed by atoms with Crippen LogP contribution in [0.3, 0.4) is 0 Å². The van der Waals surface area contributed by atoms with E-state index in [1.54, 1.807) is 18.2 Å². The normalized spacial score (nSPS) is 11.7. The van der Waals surface area contributed by atoms with Crippen molar-refractivity contribution in [2.24, 2.45) is 0 Å². The molecule has 0 amide bonds. The van der Waals surface area contributed by atoms with Crippen LogP contribution in [0.4, 0.5) is 0 Å². The molecule has 0 aliphatic heterocycles. The Morgan fingerprint density at radius 2 is 2.42 bits per heavy atom. The van der Waals surface area contributed by atoms with Crippen molar-refractivity contribution in [1.29, 1.82) is 0 Å². The van der Waals surface area contributed by atoms with Gasteiger partial charge in [-0.05, 0) is 41.8 Å². The molecule has 1 heterocycles. The fraction of sp³-hybridized carbons (Fsp3) is 0.222. The van der Waals surface area contributed by atoms with E-state index in [1.165, 1.54) is 0 Å². The van der Waals surface area contributed by atoms with Crippen molar-refractivity contribution in [1.82, 2.24) is 0 Å². The summed E-state index contributed by atoms with van der Waals surface area (Å²) in [5.41, 5.74) is 0.695. The molecule has 0 fully saturated rings. The molecule has 1 aromatic rings. The molecular weight excluding hydrogens is 176 g/mol. The Labute approximate surface area is 75.8 Å². The third-order valence-electron chi connectivity index (χ3n) is 1.48. The molecule has 3 heteroatoms. The van der Waals surface area contributed by atoms with Crippen LogP contribution in [-0.4, -0.2) is 6.29 Å². The summed E-state index contributed by atoms with van der Waals surface area (Å²) in [6.07, 6.45) is 3.19. The minimum absolute atomic E-state index is 0.336. The Hall–Kier alpha value is -1.02. The molecule has 0 aliphatic rings. The van der Waals surface area contributed by atoms with E-state index in [0.29, 0.717) is 23.0 Å². The summed E-state index contributed by atoms with van der Waals surface area (Å²) in [6, 6.07) is 3.37. The van der Waals surface area contributed by atoms with Gasteiger partial charge in [0.2, 0.25) is 0 Å². The second kappa shape index (κ2) is 4.12. The van der Waals surface area contributed by atoms with E-state index in [0.717, 1.165) is 6.29 Å². The lowest BCUT2D eigenvalue weighted by atomic mass is 10.2. The topological polar surface area (TPSA) is 30.2 Å². The molecule has 1 rings (SSSR count). The first-order valence-corrected chi connectivity index (χ1v) is 4.05. The summed E-state index contributed by atoms with van der Waals surface area (Å²) >= 11 is 5.55. The number of aldehydes is 1. The van der Waals surface area contributed by atoms with Gasteiger partial charge < -0.3 is 4.42 Å². The van der Waals surface area contributed by atoms with E-state index in [2.05, 4.69) is 0 Å². The summed E-state index contributed by atoms with van der Waals surface area (Å²) in [5, 5.41) is 0.336. The van der Waals surface area contributed by atoms with Crippen molar-refractivity contribution in [2.75, 3.05) is 0 Å². The van der Waals surface area contributed by atoms with Crippen LogP contribution >= 0.6 is 11.6 Å². The number of furan rings is 1. The molecule has 2 nitrogen and oxygen atoms in total. The third-order valence-corrected chi connectivity index (χ3v) is 1.68. The zero-order valence-corrected chi connectivity index (χ0v) is 7.47. The van der Waals surface area contributed by atoms with Crippen LogP contribution in [0, 0.1) is 0 Å². The van der Waals surface area contributed by atoms with Crippen LogP contribution in [0.25, 0.3) is 6.08 Å². The quantitative estimate of drug-likeness (QED) is 0.534. The molecule has 0 saturated heterocycles. The molecule has 0 N–H and O–H groups in total. The van der Waals surface area contributed by atoms with Crippen molar-refractivity contribution in [3.05, 3.63) is 28.7 Å². The number of halogens is 1. The highest BCUT2D eigenvalue weighted by molar-refractivity contribution is 6.28. The molecule has 12 heavy (non-hydrogen) atoms. The second-order valence-electron chi connectivity index (χ2n) is 2.33. The number of carbonyl (C=O) groups is 1. The van der Waals surface area contributed by atoms with Gasteiger partial charge >= 0.3 is 0 Å². The van der Waals surface area contributed by atoms with E-state index >= 15 is 0 Å². The van der Waals surface area contributed by atoms with E-state index in [1.807, 2.05) is 6.92 Å². The minimum atomic E-state index is 0.336. The van der Waals surface area contributed by atoms with E-state index in [4.69, 9.17) is 16.0 Å². The van der Waals surface area contributed by atoms with Crippen LogP contribution in [0.15, 0.2) is 22.1 Å². The van der Waals surface area contributed by atoms with Gasteiger partial charge in [0.25, 0.3) is 0 Å². The molecule has 0 aliphatic carbocycles. The summed E-state index contributed by atoms with van der Waals surface area (Å²) in [7, 11) is 0. The maximum atomic E-state index is 10.4. The summed E-state index contributed by atoms with van der Waals surface area (Å²) in [6.45, 7) is 1.91. The number of carbonyl (C=O) groups excluding carboxylic acids is 1. The number of allylic oxidation sites excluding steroid dienone is 1. The summed E-state index contributed by atoms with van der Waals surface area (Å²) < 4.78 is 5.05. The zero-order chi connectivity index (χ0) is 8.97. The van der Waals surface area contributed by atoms with Crippen molar-refractivity contribution in [3.8, 4) is 0 Å². The first-order chi connectivity index (χ1) is 5.76. The van der Waals surface area contributed by atoms with Gasteiger partial charge in [-0.15, -0.1) is 0 Å². The predicted molar refractivity (Wildman–Crippen MR) is 48.1 cm³/mol. The zero-order valence-electron chi connectivity index (χ0n) is 6.71. The highest BCUT2D eigenvalue weighted by atomic mass is 35.5. The molecule has 0 atom stereocenters. The molecule has 0 radical (unpaired) electrons. The molecule has 0 aromatic carbocycles. The second-order valence-corrected chi connectivity index (χ2v) is 2.71. The Morgan fingerprint density at radius 1 is 1.67 bits per heavy atom. The lowest BCUT2D eigenvalue weighted by Crippen LogP contribution is -1.79. The van der Waals surface area contributed by atoms with E-state index < -0.39 is 0 Å². The molecule has 0 bridgehead atoms. The van der Waals surface area contributed by atoms with Gasteiger partial charge in [0.05, 0.1) is 0 Å². The standard InChI is InChI=1S/C9H9ClO2/c1-2-7(6-11)5-8-3-4-9(10)12-8/h3-6H,2H2,1H3. The largest absolute Gasteiger partial charge is 0.445 e. The van der Waals surface area contributed by atoms with Crippen molar-refractivity contribution in [2.45, 2.75) is 13.3 Å². The maximum Gasteiger partial charge on any atom is 0.193 e. The molecule has 0 unspecified atom stereocenters. The first kappa shape index (κ1) is 9.07. The molecular formula is C9H9ClO2. The van der Waals surface area contributed by atoms with Gasteiger partial charge in [0, 0.05) is 0 Å². The number of rotatable bonds is 3. The highest BCUT2D eigenvalue weighted by Crippen LogP contribution is 2.16. The Morgan fingerprint density at radius 3 is 2.83 bits per heavy atom. The van der Waals surface area contributed by atoms with Gasteiger partial charge in [-0.3, -0.25) is 4.79 Å². The van der Waals surface area contributed by atoms with Crippen LogP contribution < -0.4 is 0 Å². The lowest BCUT2D eigenvalue weighted by Gasteiger charge is -1.89. The van der Waals surface area contributed by atoms with Gasteiger partial charge in [-0.1, -0.05) is 6.92 Å². The minimum Gasteiger partial charge on any atom is -0.445 e. The average molecular weight is 185 g/mol. The average Bonchev–Trinajstić information content (AvgIpc) is 2.47. The molecule has 1 aromatic heterocycles. The fourth-order valence-electron chi connectivity index (χ4n) is 0.808. The number of hydrogen-bond acceptors (Lipinski definition) is 2. The van der Waals surface area contributed by atoms with Gasteiger partial charge in [-0.25, -0.2) is 0 Å². The SMILES string of the molecule is CCC(C=O)=Cc1ccc(Cl)o1. The molecule has 0 spiro atoms. The summed E-state index contributed by atoms with van der Waals surface area (Å²) in [5.74, 6) is 0.615. The fourth-order valence-corrected chi connectivity index (χ4v) is 0.960. The lowest BCUT2D eigenvalue weighted by molar-refractivity contribution is -0.104. The Balaban J connectivity index is 2.85. The summed E-state index contributed by atoms with van der Waals surface area (Å²) in [4.78, 5) is 10.4. The monoisotopic (exact) mass is 184 g/mol.